The number of fused-ring (bicyclic) bond motifs is 7. The third-order valence-corrected chi connectivity index (χ3v) is 5.68. The number of ether oxygens (including phenoxy) is 3. The Morgan fingerprint density at radius 3 is 2.67 bits per heavy atom. The number of H-pyrrole nitrogens is 1. The molecule has 1 N–H and O–H groups in total. The standard InChI is InChI=1S/C21H20N2O4/c1-25-11-4-6-15-14(10-11)12-8-9-23-19(18(12)22-15)13-5-7-16(26-2)20(27-3)17(13)21(23)24/h4-7,10,19,22H,8-9H2,1-3H3/t19-/m1/s1. The lowest BCUT2D eigenvalue weighted by atomic mass is 9.94. The number of nitrogens with one attached hydrogen (secondary N) is 1. The van der Waals surface area contributed by atoms with Crippen molar-refractivity contribution in [1.29, 1.82) is 0 Å². The van der Waals surface area contributed by atoms with Crippen LogP contribution >= 0.6 is 0 Å². The molecule has 1 atom stereocenters. The summed E-state index contributed by atoms with van der Waals surface area (Å²) in [5, 5.41) is 1.16. The molecule has 1 amide bonds. The molecule has 0 aliphatic carbocycles. The molecule has 0 bridgehead atoms. The highest BCUT2D eigenvalue weighted by atomic mass is 16.5. The molecule has 5 rings (SSSR count). The summed E-state index contributed by atoms with van der Waals surface area (Å²) in [5.41, 5.74) is 4.94. The van der Waals surface area contributed by atoms with E-state index in [0.717, 1.165) is 34.3 Å². The Bertz CT molecular complexity index is 1090. The van der Waals surface area contributed by atoms with Crippen LogP contribution in [0.25, 0.3) is 10.9 Å². The number of rotatable bonds is 3. The summed E-state index contributed by atoms with van der Waals surface area (Å²) >= 11 is 0. The minimum Gasteiger partial charge on any atom is -0.497 e. The Labute approximate surface area is 156 Å². The fourth-order valence-electron chi connectivity index (χ4n) is 4.47. The van der Waals surface area contributed by atoms with Crippen molar-refractivity contribution in [1.82, 2.24) is 9.88 Å². The van der Waals surface area contributed by atoms with Crippen molar-refractivity contribution in [2.45, 2.75) is 12.5 Å². The Morgan fingerprint density at radius 2 is 1.93 bits per heavy atom. The molecule has 2 aliphatic rings. The maximum absolute atomic E-state index is 13.2. The van der Waals surface area contributed by atoms with Gasteiger partial charge in [0.25, 0.3) is 5.91 Å². The Hall–Kier alpha value is -3.15. The van der Waals surface area contributed by atoms with Crippen molar-refractivity contribution in [3.63, 3.8) is 0 Å². The molecule has 0 spiro atoms. The highest BCUT2D eigenvalue weighted by Gasteiger charge is 2.44. The first-order chi connectivity index (χ1) is 13.2. The van der Waals surface area contributed by atoms with Gasteiger partial charge in [0.1, 0.15) is 5.75 Å². The van der Waals surface area contributed by atoms with E-state index in [-0.39, 0.29) is 11.9 Å². The number of carbonyl (C=O) groups is 1. The predicted octanol–water partition coefficient (Wildman–Crippen LogP) is 3.30. The summed E-state index contributed by atoms with van der Waals surface area (Å²) in [7, 11) is 4.83. The second-order valence-electron chi connectivity index (χ2n) is 6.85. The molecule has 2 aliphatic heterocycles. The highest BCUT2D eigenvalue weighted by Crippen LogP contribution is 2.49. The zero-order chi connectivity index (χ0) is 18.7. The fourth-order valence-corrected chi connectivity index (χ4v) is 4.47. The van der Waals surface area contributed by atoms with E-state index in [9.17, 15) is 4.79 Å². The highest BCUT2D eigenvalue weighted by molar-refractivity contribution is 6.04. The Kier molecular flexibility index (Phi) is 3.37. The van der Waals surface area contributed by atoms with Gasteiger partial charge in [-0.05, 0) is 41.8 Å². The number of nitrogens with zero attached hydrogens (tertiary/aromatic N) is 1. The number of amides is 1. The molecule has 138 valence electrons. The van der Waals surface area contributed by atoms with E-state index in [1.807, 2.05) is 29.2 Å². The van der Waals surface area contributed by atoms with Crippen LogP contribution in [-0.2, 0) is 6.42 Å². The quantitative estimate of drug-likeness (QED) is 0.775. The van der Waals surface area contributed by atoms with Crippen molar-refractivity contribution in [3.8, 4) is 17.2 Å². The summed E-state index contributed by atoms with van der Waals surface area (Å²) in [6.45, 7) is 0.667. The summed E-state index contributed by atoms with van der Waals surface area (Å²) < 4.78 is 16.3. The van der Waals surface area contributed by atoms with E-state index in [2.05, 4.69) is 11.1 Å². The number of benzene rings is 2. The van der Waals surface area contributed by atoms with E-state index in [4.69, 9.17) is 14.2 Å². The molecule has 27 heavy (non-hydrogen) atoms. The third kappa shape index (κ3) is 2.04. The Balaban J connectivity index is 1.74. The molecular formula is C21H20N2O4. The number of hydrogen-bond donors (Lipinski definition) is 1. The molecule has 0 radical (unpaired) electrons. The fraction of sp³-hybridized carbons (Fsp3) is 0.286. The van der Waals surface area contributed by atoms with Crippen molar-refractivity contribution >= 4 is 16.8 Å². The molecule has 6 heteroatoms. The van der Waals surface area contributed by atoms with E-state index < -0.39 is 0 Å². The smallest absolute Gasteiger partial charge is 0.258 e. The third-order valence-electron chi connectivity index (χ3n) is 5.68. The second-order valence-corrected chi connectivity index (χ2v) is 6.85. The van der Waals surface area contributed by atoms with Gasteiger partial charge in [0.15, 0.2) is 11.5 Å². The number of aromatic nitrogens is 1. The van der Waals surface area contributed by atoms with Gasteiger partial charge in [-0.25, -0.2) is 0 Å². The molecule has 3 aromatic rings. The molecule has 6 nitrogen and oxygen atoms in total. The van der Waals surface area contributed by atoms with Gasteiger partial charge < -0.3 is 24.1 Å². The van der Waals surface area contributed by atoms with Gasteiger partial charge in [-0.2, -0.15) is 0 Å². The van der Waals surface area contributed by atoms with Crippen molar-refractivity contribution in [3.05, 3.63) is 52.7 Å². The minimum atomic E-state index is -0.130. The molecule has 3 heterocycles. The molecule has 0 saturated heterocycles. The molecule has 2 aromatic carbocycles. The van der Waals surface area contributed by atoms with Gasteiger partial charge in [-0.15, -0.1) is 0 Å². The maximum atomic E-state index is 13.2. The Morgan fingerprint density at radius 1 is 1.07 bits per heavy atom. The normalized spacial score (nSPS) is 17.5. The van der Waals surface area contributed by atoms with E-state index >= 15 is 0 Å². The van der Waals surface area contributed by atoms with Crippen molar-refractivity contribution in [2.75, 3.05) is 27.9 Å². The van der Waals surface area contributed by atoms with Gasteiger partial charge in [0.2, 0.25) is 0 Å². The average Bonchev–Trinajstić information content (AvgIpc) is 3.22. The van der Waals surface area contributed by atoms with Gasteiger partial charge in [-0.1, -0.05) is 6.07 Å². The number of hydrogen-bond acceptors (Lipinski definition) is 4. The number of carbonyl (C=O) groups excluding carboxylic acids is 1. The van der Waals surface area contributed by atoms with Crippen LogP contribution in [0.5, 0.6) is 17.2 Å². The molecule has 0 fully saturated rings. The van der Waals surface area contributed by atoms with Crippen LogP contribution in [0.15, 0.2) is 30.3 Å². The average molecular weight is 364 g/mol. The lowest BCUT2D eigenvalue weighted by molar-refractivity contribution is 0.0735. The van der Waals surface area contributed by atoms with Crippen LogP contribution in [0.4, 0.5) is 0 Å². The van der Waals surface area contributed by atoms with Crippen LogP contribution in [-0.4, -0.2) is 43.7 Å². The van der Waals surface area contributed by atoms with Gasteiger partial charge >= 0.3 is 0 Å². The van der Waals surface area contributed by atoms with E-state index in [0.29, 0.717) is 23.6 Å². The van der Waals surface area contributed by atoms with Crippen LogP contribution in [0.3, 0.4) is 0 Å². The van der Waals surface area contributed by atoms with Gasteiger partial charge in [0.05, 0.1) is 32.9 Å². The lowest BCUT2D eigenvalue weighted by Crippen LogP contribution is -2.34. The van der Waals surface area contributed by atoms with E-state index in [1.165, 1.54) is 5.56 Å². The monoisotopic (exact) mass is 364 g/mol. The second kappa shape index (κ2) is 5.67. The van der Waals surface area contributed by atoms with Gasteiger partial charge in [0, 0.05) is 23.1 Å². The molecule has 0 saturated carbocycles. The van der Waals surface area contributed by atoms with Crippen LogP contribution in [0.2, 0.25) is 0 Å². The summed E-state index contributed by atoms with van der Waals surface area (Å²) in [5.74, 6) is 1.91. The van der Waals surface area contributed by atoms with Gasteiger partial charge in [-0.3, -0.25) is 4.79 Å². The van der Waals surface area contributed by atoms with Crippen molar-refractivity contribution in [2.24, 2.45) is 0 Å². The number of aromatic amines is 1. The first-order valence-electron chi connectivity index (χ1n) is 8.92. The summed E-state index contributed by atoms with van der Waals surface area (Å²) in [4.78, 5) is 18.6. The van der Waals surface area contributed by atoms with Crippen LogP contribution in [0, 0.1) is 0 Å². The molecule has 0 unspecified atom stereocenters. The van der Waals surface area contributed by atoms with Crippen molar-refractivity contribution < 1.29 is 19.0 Å². The maximum Gasteiger partial charge on any atom is 0.258 e. The topological polar surface area (TPSA) is 63.8 Å². The first-order valence-corrected chi connectivity index (χ1v) is 8.92. The van der Waals surface area contributed by atoms with Crippen LogP contribution < -0.4 is 14.2 Å². The summed E-state index contributed by atoms with van der Waals surface area (Å²) in [6.07, 6.45) is 0.804. The van der Waals surface area contributed by atoms with Crippen LogP contribution in [0.1, 0.15) is 33.2 Å². The minimum absolute atomic E-state index is 0.00682. The number of methoxy groups -OCH3 is 3. The lowest BCUT2D eigenvalue weighted by Gasteiger charge is -2.30. The first kappa shape index (κ1) is 16.1. The molecule has 1 aromatic heterocycles. The zero-order valence-corrected chi connectivity index (χ0v) is 15.5. The molecular weight excluding hydrogens is 344 g/mol. The largest absolute Gasteiger partial charge is 0.497 e. The van der Waals surface area contributed by atoms with E-state index in [1.54, 1.807) is 21.3 Å². The zero-order valence-electron chi connectivity index (χ0n) is 15.5. The predicted molar refractivity (Wildman–Crippen MR) is 101 cm³/mol. The summed E-state index contributed by atoms with van der Waals surface area (Å²) in [6, 6.07) is 9.75. The SMILES string of the molecule is COc1ccc2[nH]c3c(c2c1)CCN1C(=O)c2c(ccc(OC)c2OC)[C@H]31.